The lowest BCUT2D eigenvalue weighted by Crippen LogP contribution is -2.00. The summed E-state index contributed by atoms with van der Waals surface area (Å²) in [6.45, 7) is 9.61. The second-order valence-corrected chi connectivity index (χ2v) is 4.85. The van der Waals surface area contributed by atoms with Gasteiger partial charge in [-0.2, -0.15) is 0 Å². The van der Waals surface area contributed by atoms with Crippen LogP contribution in [0.5, 0.6) is 0 Å². The summed E-state index contributed by atoms with van der Waals surface area (Å²) in [5.41, 5.74) is 3.83. The normalized spacial score (nSPS) is 13.8. The van der Waals surface area contributed by atoms with Crippen molar-refractivity contribution in [3.8, 4) is 0 Å². The van der Waals surface area contributed by atoms with Crippen molar-refractivity contribution in [2.45, 2.75) is 47.0 Å². The minimum Gasteiger partial charge on any atom is -0.290 e. The van der Waals surface area contributed by atoms with E-state index < -0.39 is 0 Å². The van der Waals surface area contributed by atoms with Gasteiger partial charge in [0.15, 0.2) is 0 Å². The zero-order chi connectivity index (χ0) is 12.7. The van der Waals surface area contributed by atoms with Gasteiger partial charge in [0.1, 0.15) is 0 Å². The molecule has 17 heavy (non-hydrogen) atoms. The van der Waals surface area contributed by atoms with E-state index >= 15 is 0 Å². The Bertz CT molecular complexity index is 348. The van der Waals surface area contributed by atoms with Gasteiger partial charge in [-0.15, -0.1) is 0 Å². The van der Waals surface area contributed by atoms with Crippen molar-refractivity contribution >= 4 is 5.71 Å². The largest absolute Gasteiger partial charge is 0.290 e. The van der Waals surface area contributed by atoms with Gasteiger partial charge in [-0.3, -0.25) is 4.99 Å². The predicted molar refractivity (Wildman–Crippen MR) is 77.0 cm³/mol. The van der Waals surface area contributed by atoms with Crippen molar-refractivity contribution in [1.29, 1.82) is 0 Å². The molecule has 1 atom stereocenters. The molecule has 0 aromatic heterocycles. The molecule has 1 heteroatoms. The molecular formula is C16H25N. The standard InChI is InChI=1S/C16H25N/c1-5-7-13(3)12-15-8-10-16(11-9-15)14(4)17-6-2/h8-11,13H,5-7,12H2,1-4H3. The van der Waals surface area contributed by atoms with Crippen molar-refractivity contribution in [2.24, 2.45) is 10.9 Å². The average Bonchev–Trinajstić information content (AvgIpc) is 2.30. The van der Waals surface area contributed by atoms with Gasteiger partial charge >= 0.3 is 0 Å². The molecule has 1 aromatic rings. The molecular weight excluding hydrogens is 206 g/mol. The first-order valence-corrected chi connectivity index (χ1v) is 6.77. The molecule has 94 valence electrons. The van der Waals surface area contributed by atoms with E-state index in [1.807, 2.05) is 0 Å². The topological polar surface area (TPSA) is 12.4 Å². The highest BCUT2D eigenvalue weighted by molar-refractivity contribution is 5.98. The molecule has 0 fully saturated rings. The summed E-state index contributed by atoms with van der Waals surface area (Å²) in [5, 5.41) is 0. The van der Waals surface area contributed by atoms with Gasteiger partial charge in [-0.05, 0) is 37.3 Å². The summed E-state index contributed by atoms with van der Waals surface area (Å²) in [6.07, 6.45) is 3.79. The molecule has 0 aliphatic rings. The minimum atomic E-state index is 0.788. The smallest absolute Gasteiger partial charge is 0.0389 e. The van der Waals surface area contributed by atoms with Crippen LogP contribution in [0.3, 0.4) is 0 Å². The van der Waals surface area contributed by atoms with Crippen molar-refractivity contribution < 1.29 is 0 Å². The second kappa shape index (κ2) is 7.26. The lowest BCUT2D eigenvalue weighted by Gasteiger charge is -2.10. The van der Waals surface area contributed by atoms with Gasteiger partial charge in [0.2, 0.25) is 0 Å². The van der Waals surface area contributed by atoms with Gasteiger partial charge in [-0.25, -0.2) is 0 Å². The number of nitrogens with zero attached hydrogens (tertiary/aromatic N) is 1. The third-order valence-corrected chi connectivity index (χ3v) is 3.13. The molecule has 0 aliphatic heterocycles. The van der Waals surface area contributed by atoms with Crippen LogP contribution in [0.15, 0.2) is 29.3 Å². The van der Waals surface area contributed by atoms with Gasteiger partial charge in [0.25, 0.3) is 0 Å². The Morgan fingerprint density at radius 1 is 1.18 bits per heavy atom. The number of rotatable bonds is 6. The van der Waals surface area contributed by atoms with E-state index in [4.69, 9.17) is 0 Å². The van der Waals surface area contributed by atoms with Crippen LogP contribution in [0.2, 0.25) is 0 Å². The fraction of sp³-hybridized carbons (Fsp3) is 0.562. The monoisotopic (exact) mass is 231 g/mol. The molecule has 0 aliphatic carbocycles. The predicted octanol–water partition coefficient (Wildman–Crippen LogP) is 4.49. The Morgan fingerprint density at radius 2 is 1.82 bits per heavy atom. The Hall–Kier alpha value is -1.11. The Labute approximate surface area is 106 Å². The molecule has 0 N–H and O–H groups in total. The summed E-state index contributed by atoms with van der Waals surface area (Å²) in [6, 6.07) is 8.89. The van der Waals surface area contributed by atoms with Gasteiger partial charge < -0.3 is 0 Å². The summed E-state index contributed by atoms with van der Waals surface area (Å²) in [7, 11) is 0. The van der Waals surface area contributed by atoms with Crippen molar-refractivity contribution in [3.63, 3.8) is 0 Å². The molecule has 0 spiro atoms. The quantitative estimate of drug-likeness (QED) is 0.639. The highest BCUT2D eigenvalue weighted by atomic mass is 14.7. The van der Waals surface area contributed by atoms with Crippen LogP contribution >= 0.6 is 0 Å². The first kappa shape index (κ1) is 14.0. The molecule has 0 amide bonds. The maximum Gasteiger partial charge on any atom is 0.0389 e. The van der Waals surface area contributed by atoms with Crippen LogP contribution in [0.4, 0.5) is 0 Å². The summed E-state index contributed by atoms with van der Waals surface area (Å²) >= 11 is 0. The first-order valence-electron chi connectivity index (χ1n) is 6.77. The summed E-state index contributed by atoms with van der Waals surface area (Å²) in [4.78, 5) is 4.43. The maximum absolute atomic E-state index is 4.43. The van der Waals surface area contributed by atoms with Crippen LogP contribution in [-0.2, 0) is 6.42 Å². The molecule has 1 unspecified atom stereocenters. The first-order chi connectivity index (χ1) is 8.17. The fourth-order valence-corrected chi connectivity index (χ4v) is 2.21. The molecule has 1 rings (SSSR count). The Balaban J connectivity index is 2.65. The van der Waals surface area contributed by atoms with Crippen molar-refractivity contribution in [2.75, 3.05) is 6.54 Å². The SMILES string of the molecule is CCCC(C)Cc1ccc(C(C)=NCC)cc1. The van der Waals surface area contributed by atoms with Crippen LogP contribution < -0.4 is 0 Å². The minimum absolute atomic E-state index is 0.788. The van der Waals surface area contributed by atoms with Crippen LogP contribution in [0.25, 0.3) is 0 Å². The molecule has 0 heterocycles. The van der Waals surface area contributed by atoms with E-state index in [1.54, 1.807) is 0 Å². The maximum atomic E-state index is 4.43. The van der Waals surface area contributed by atoms with E-state index in [-0.39, 0.29) is 0 Å². The van der Waals surface area contributed by atoms with Gasteiger partial charge in [-0.1, -0.05) is 51.0 Å². The average molecular weight is 231 g/mol. The van der Waals surface area contributed by atoms with E-state index in [2.05, 4.69) is 57.0 Å². The molecule has 1 nitrogen and oxygen atoms in total. The van der Waals surface area contributed by atoms with Crippen molar-refractivity contribution in [1.82, 2.24) is 0 Å². The van der Waals surface area contributed by atoms with E-state index in [0.29, 0.717) is 0 Å². The lowest BCUT2D eigenvalue weighted by molar-refractivity contribution is 0.522. The number of hydrogen-bond acceptors (Lipinski definition) is 1. The fourth-order valence-electron chi connectivity index (χ4n) is 2.21. The van der Waals surface area contributed by atoms with E-state index in [0.717, 1.165) is 18.2 Å². The van der Waals surface area contributed by atoms with Gasteiger partial charge in [0.05, 0.1) is 0 Å². The number of benzene rings is 1. The molecule has 0 bridgehead atoms. The zero-order valence-corrected chi connectivity index (χ0v) is 11.7. The molecule has 0 saturated heterocycles. The van der Waals surface area contributed by atoms with Crippen LogP contribution in [0, 0.1) is 5.92 Å². The van der Waals surface area contributed by atoms with E-state index in [9.17, 15) is 0 Å². The summed E-state index contributed by atoms with van der Waals surface area (Å²) in [5.74, 6) is 0.788. The molecule has 1 aromatic carbocycles. The number of hydrogen-bond donors (Lipinski definition) is 0. The second-order valence-electron chi connectivity index (χ2n) is 4.85. The molecule has 0 saturated carbocycles. The van der Waals surface area contributed by atoms with Gasteiger partial charge in [0, 0.05) is 12.3 Å². The third kappa shape index (κ3) is 4.72. The van der Waals surface area contributed by atoms with Crippen molar-refractivity contribution in [3.05, 3.63) is 35.4 Å². The highest BCUT2D eigenvalue weighted by Crippen LogP contribution is 2.14. The van der Waals surface area contributed by atoms with Crippen LogP contribution in [-0.4, -0.2) is 12.3 Å². The third-order valence-electron chi connectivity index (χ3n) is 3.13. The Kier molecular flexibility index (Phi) is 5.96. The summed E-state index contributed by atoms with van der Waals surface area (Å²) < 4.78 is 0. The van der Waals surface area contributed by atoms with Crippen LogP contribution in [0.1, 0.15) is 51.7 Å². The highest BCUT2D eigenvalue weighted by Gasteiger charge is 2.03. The number of aliphatic imine (C=N–C) groups is 1. The van der Waals surface area contributed by atoms with E-state index in [1.165, 1.54) is 30.4 Å². The lowest BCUT2D eigenvalue weighted by atomic mass is 9.96. The molecule has 0 radical (unpaired) electrons. The Morgan fingerprint density at radius 3 is 2.35 bits per heavy atom. The zero-order valence-electron chi connectivity index (χ0n) is 11.7.